The number of H-pyrrole nitrogens is 1. The van der Waals surface area contributed by atoms with Gasteiger partial charge in [-0.05, 0) is 18.3 Å². The fraction of sp³-hybridized carbons (Fsp3) is 0.650. The number of aromatic amines is 1. The molecule has 11 heteroatoms. The number of rotatable bonds is 13. The number of nitrogens with two attached hydrogens (primary N) is 1. The van der Waals surface area contributed by atoms with E-state index in [2.05, 4.69) is 25.9 Å². The quantitative estimate of drug-likeness (QED) is 0.241. The summed E-state index contributed by atoms with van der Waals surface area (Å²) in [6.45, 7) is 6.96. The van der Waals surface area contributed by atoms with Crippen molar-refractivity contribution in [2.24, 2.45) is 17.6 Å². The maximum absolute atomic E-state index is 13.0. The van der Waals surface area contributed by atoms with Crippen molar-refractivity contribution in [2.75, 3.05) is 6.54 Å². The van der Waals surface area contributed by atoms with Crippen LogP contribution in [0.25, 0.3) is 0 Å². The number of carbonyl (C=O) groups excluding carboxylic acids is 3. The van der Waals surface area contributed by atoms with Gasteiger partial charge in [0.2, 0.25) is 17.7 Å². The summed E-state index contributed by atoms with van der Waals surface area (Å²) in [6.07, 6.45) is 4.11. The third kappa shape index (κ3) is 9.16. The van der Waals surface area contributed by atoms with Crippen molar-refractivity contribution in [1.29, 1.82) is 0 Å². The lowest BCUT2D eigenvalue weighted by Gasteiger charge is -2.25. The molecule has 1 aromatic rings. The summed E-state index contributed by atoms with van der Waals surface area (Å²) in [5, 5.41) is 16.4. The Morgan fingerprint density at radius 3 is 2.26 bits per heavy atom. The van der Waals surface area contributed by atoms with Gasteiger partial charge in [-0.1, -0.05) is 34.1 Å². The van der Waals surface area contributed by atoms with E-state index < -0.39 is 48.4 Å². The molecule has 0 bridgehead atoms. The van der Waals surface area contributed by atoms with Gasteiger partial charge >= 0.3 is 5.97 Å². The van der Waals surface area contributed by atoms with Crippen LogP contribution >= 0.6 is 0 Å². The molecule has 0 radical (unpaired) electrons. The first kappa shape index (κ1) is 26.1. The summed E-state index contributed by atoms with van der Waals surface area (Å²) in [5.41, 5.74) is 6.61. The molecule has 1 heterocycles. The maximum atomic E-state index is 13.0. The van der Waals surface area contributed by atoms with Gasteiger partial charge in [0.25, 0.3) is 0 Å². The molecule has 0 saturated carbocycles. The Labute approximate surface area is 181 Å². The number of carbonyl (C=O) groups is 4. The van der Waals surface area contributed by atoms with E-state index in [1.54, 1.807) is 0 Å². The highest BCUT2D eigenvalue weighted by Crippen LogP contribution is 2.09. The number of carboxylic acid groups (broad SMARTS) is 1. The number of nitrogens with zero attached hydrogens (tertiary/aromatic N) is 1. The highest BCUT2D eigenvalue weighted by Gasteiger charge is 2.30. The molecule has 4 unspecified atom stereocenters. The van der Waals surface area contributed by atoms with E-state index in [4.69, 9.17) is 10.8 Å². The SMILES string of the molecule is CCC(C)C(N)C(=O)NC(Cc1cnc[nH]1)C(=O)NC(CC(C)C)C(=O)NCC(=O)O. The Kier molecular flexibility index (Phi) is 10.7. The van der Waals surface area contributed by atoms with E-state index in [9.17, 15) is 19.2 Å². The second-order valence-corrected chi connectivity index (χ2v) is 8.06. The predicted molar refractivity (Wildman–Crippen MR) is 114 cm³/mol. The van der Waals surface area contributed by atoms with Crippen LogP contribution in [0.3, 0.4) is 0 Å². The second kappa shape index (κ2) is 12.7. The minimum Gasteiger partial charge on any atom is -0.480 e. The Morgan fingerprint density at radius 1 is 1.10 bits per heavy atom. The van der Waals surface area contributed by atoms with E-state index in [0.29, 0.717) is 18.5 Å². The van der Waals surface area contributed by atoms with Crippen LogP contribution in [-0.4, -0.2) is 63.4 Å². The first-order valence-electron chi connectivity index (χ1n) is 10.4. The van der Waals surface area contributed by atoms with Gasteiger partial charge in [-0.2, -0.15) is 0 Å². The average molecular weight is 439 g/mol. The highest BCUT2D eigenvalue weighted by molar-refractivity contribution is 5.93. The van der Waals surface area contributed by atoms with Crippen molar-refractivity contribution in [2.45, 2.75) is 65.1 Å². The largest absolute Gasteiger partial charge is 0.480 e. The first-order chi connectivity index (χ1) is 14.5. The Balaban J connectivity index is 2.97. The van der Waals surface area contributed by atoms with Crippen LogP contribution in [0.1, 0.15) is 46.2 Å². The van der Waals surface area contributed by atoms with Crippen molar-refractivity contribution >= 4 is 23.7 Å². The van der Waals surface area contributed by atoms with E-state index in [1.165, 1.54) is 12.5 Å². The van der Waals surface area contributed by atoms with Gasteiger partial charge in [0, 0.05) is 18.3 Å². The van der Waals surface area contributed by atoms with Gasteiger partial charge in [-0.25, -0.2) is 4.98 Å². The van der Waals surface area contributed by atoms with Gasteiger partial charge in [-0.3, -0.25) is 19.2 Å². The molecule has 1 rings (SSSR count). The molecule has 4 atom stereocenters. The molecule has 0 spiro atoms. The van der Waals surface area contributed by atoms with Crippen LogP contribution in [0.15, 0.2) is 12.5 Å². The van der Waals surface area contributed by atoms with E-state index in [-0.39, 0.29) is 18.3 Å². The summed E-state index contributed by atoms with van der Waals surface area (Å²) >= 11 is 0. The molecule has 7 N–H and O–H groups in total. The van der Waals surface area contributed by atoms with E-state index in [0.717, 1.165) is 0 Å². The van der Waals surface area contributed by atoms with Crippen LogP contribution in [0.2, 0.25) is 0 Å². The van der Waals surface area contributed by atoms with Crippen LogP contribution < -0.4 is 21.7 Å². The van der Waals surface area contributed by atoms with Crippen LogP contribution in [0.5, 0.6) is 0 Å². The van der Waals surface area contributed by atoms with Crippen LogP contribution in [-0.2, 0) is 25.6 Å². The second-order valence-electron chi connectivity index (χ2n) is 8.06. The normalized spacial score (nSPS) is 14.9. The van der Waals surface area contributed by atoms with Crippen molar-refractivity contribution in [3.05, 3.63) is 18.2 Å². The minimum atomic E-state index is -1.19. The molecule has 0 aliphatic carbocycles. The number of amides is 3. The highest BCUT2D eigenvalue weighted by atomic mass is 16.4. The molecule has 3 amide bonds. The summed E-state index contributed by atoms with van der Waals surface area (Å²) in [4.78, 5) is 55.5. The smallest absolute Gasteiger partial charge is 0.322 e. The maximum Gasteiger partial charge on any atom is 0.322 e. The van der Waals surface area contributed by atoms with Gasteiger partial charge in [0.1, 0.15) is 18.6 Å². The van der Waals surface area contributed by atoms with Crippen molar-refractivity contribution in [3.8, 4) is 0 Å². The summed E-state index contributed by atoms with van der Waals surface area (Å²) < 4.78 is 0. The van der Waals surface area contributed by atoms with Crippen molar-refractivity contribution in [1.82, 2.24) is 25.9 Å². The molecule has 31 heavy (non-hydrogen) atoms. The number of aliphatic carboxylic acids is 1. The lowest BCUT2D eigenvalue weighted by atomic mass is 9.98. The fourth-order valence-corrected chi connectivity index (χ4v) is 2.87. The van der Waals surface area contributed by atoms with Gasteiger partial charge in [-0.15, -0.1) is 0 Å². The third-order valence-electron chi connectivity index (χ3n) is 4.93. The molecular formula is C20H34N6O5. The minimum absolute atomic E-state index is 0.0559. The molecule has 0 saturated heterocycles. The summed E-state index contributed by atoms with van der Waals surface area (Å²) in [5.74, 6) is -2.86. The summed E-state index contributed by atoms with van der Waals surface area (Å²) in [6, 6.07) is -2.73. The van der Waals surface area contributed by atoms with Gasteiger partial charge < -0.3 is 31.8 Å². The third-order valence-corrected chi connectivity index (χ3v) is 4.93. The number of hydrogen-bond donors (Lipinski definition) is 6. The number of carboxylic acids is 1. The molecule has 174 valence electrons. The van der Waals surface area contributed by atoms with Gasteiger partial charge in [0.05, 0.1) is 12.4 Å². The van der Waals surface area contributed by atoms with Crippen molar-refractivity contribution in [3.63, 3.8) is 0 Å². The average Bonchev–Trinajstić information content (AvgIpc) is 3.22. The summed E-state index contributed by atoms with van der Waals surface area (Å²) in [7, 11) is 0. The first-order valence-corrected chi connectivity index (χ1v) is 10.4. The Morgan fingerprint density at radius 2 is 1.74 bits per heavy atom. The lowest BCUT2D eigenvalue weighted by molar-refractivity contribution is -0.138. The Bertz CT molecular complexity index is 736. The van der Waals surface area contributed by atoms with Gasteiger partial charge in [0.15, 0.2) is 0 Å². The monoisotopic (exact) mass is 438 g/mol. The topological polar surface area (TPSA) is 179 Å². The molecule has 11 nitrogen and oxygen atoms in total. The Hall–Kier alpha value is -2.95. The molecule has 1 aromatic heterocycles. The standard InChI is InChI=1S/C20H34N6O5/c1-5-12(4)17(21)20(31)26-15(7-13-8-22-10-24-13)19(30)25-14(6-11(2)3)18(29)23-9-16(27)28/h8,10-12,14-15,17H,5-7,9,21H2,1-4H3,(H,22,24)(H,23,29)(H,25,30)(H,26,31)(H,27,28). The molecular weight excluding hydrogens is 404 g/mol. The van der Waals surface area contributed by atoms with E-state index in [1.807, 2.05) is 27.7 Å². The zero-order valence-corrected chi connectivity index (χ0v) is 18.5. The number of imidazole rings is 1. The zero-order valence-electron chi connectivity index (χ0n) is 18.5. The predicted octanol–water partition coefficient (Wildman–Crippen LogP) is -0.458. The van der Waals surface area contributed by atoms with Crippen LogP contribution in [0, 0.1) is 11.8 Å². The van der Waals surface area contributed by atoms with Crippen molar-refractivity contribution < 1.29 is 24.3 Å². The molecule has 0 aromatic carbocycles. The van der Waals surface area contributed by atoms with E-state index >= 15 is 0 Å². The lowest BCUT2D eigenvalue weighted by Crippen LogP contribution is -2.57. The number of aromatic nitrogens is 2. The molecule has 0 aliphatic rings. The number of hydrogen-bond acceptors (Lipinski definition) is 6. The fourth-order valence-electron chi connectivity index (χ4n) is 2.87. The van der Waals surface area contributed by atoms with Crippen LogP contribution in [0.4, 0.5) is 0 Å². The molecule has 0 aliphatic heterocycles. The number of nitrogens with one attached hydrogen (secondary N) is 4. The zero-order chi connectivity index (χ0) is 23.6. The molecule has 0 fully saturated rings.